The van der Waals surface area contributed by atoms with Crippen LogP contribution in [0.5, 0.6) is 0 Å². The van der Waals surface area contributed by atoms with E-state index < -0.39 is 0 Å². The summed E-state index contributed by atoms with van der Waals surface area (Å²) in [6.07, 6.45) is 3.53. The first-order valence-electron chi connectivity index (χ1n) is 6.52. The van der Waals surface area contributed by atoms with Crippen molar-refractivity contribution in [3.05, 3.63) is 65.2 Å². The molecular formula is C16H16FN3. The summed E-state index contributed by atoms with van der Waals surface area (Å²) in [6, 6.07) is 10.4. The molecule has 0 amide bonds. The summed E-state index contributed by atoms with van der Waals surface area (Å²) >= 11 is 0. The Labute approximate surface area is 118 Å². The van der Waals surface area contributed by atoms with Crippen molar-refractivity contribution in [1.29, 1.82) is 5.26 Å². The number of halogens is 1. The minimum Gasteiger partial charge on any atom is -0.295 e. The maximum absolute atomic E-state index is 13.4. The zero-order chi connectivity index (χ0) is 14.4. The zero-order valence-corrected chi connectivity index (χ0v) is 11.4. The van der Waals surface area contributed by atoms with Gasteiger partial charge in [-0.3, -0.25) is 9.88 Å². The van der Waals surface area contributed by atoms with Crippen LogP contribution in [-0.4, -0.2) is 16.4 Å². The van der Waals surface area contributed by atoms with Gasteiger partial charge in [0.05, 0.1) is 11.6 Å². The number of hydrogen-bond acceptors (Lipinski definition) is 3. The number of benzene rings is 1. The molecule has 1 aromatic heterocycles. The summed E-state index contributed by atoms with van der Waals surface area (Å²) in [5.41, 5.74) is 2.34. The lowest BCUT2D eigenvalue weighted by Crippen LogP contribution is -2.22. The summed E-state index contributed by atoms with van der Waals surface area (Å²) in [7, 11) is 0. The van der Waals surface area contributed by atoms with Crippen LogP contribution in [0.3, 0.4) is 0 Å². The molecule has 1 heterocycles. The van der Waals surface area contributed by atoms with E-state index >= 15 is 0 Å². The molecule has 2 aromatic rings. The third kappa shape index (κ3) is 3.87. The van der Waals surface area contributed by atoms with Crippen molar-refractivity contribution < 1.29 is 4.39 Å². The van der Waals surface area contributed by atoms with Crippen LogP contribution >= 0.6 is 0 Å². The molecule has 20 heavy (non-hydrogen) atoms. The number of hydrogen-bond donors (Lipinski definition) is 0. The van der Waals surface area contributed by atoms with Gasteiger partial charge in [-0.1, -0.05) is 6.92 Å². The van der Waals surface area contributed by atoms with Gasteiger partial charge in [0.2, 0.25) is 0 Å². The number of rotatable bonds is 5. The fourth-order valence-corrected chi connectivity index (χ4v) is 2.09. The van der Waals surface area contributed by atoms with E-state index in [2.05, 4.69) is 16.8 Å². The van der Waals surface area contributed by atoms with Gasteiger partial charge >= 0.3 is 0 Å². The molecule has 3 nitrogen and oxygen atoms in total. The highest BCUT2D eigenvalue weighted by Gasteiger charge is 2.07. The highest BCUT2D eigenvalue weighted by atomic mass is 19.1. The summed E-state index contributed by atoms with van der Waals surface area (Å²) in [4.78, 5) is 6.18. The first-order chi connectivity index (χ1) is 9.71. The van der Waals surface area contributed by atoms with E-state index in [1.807, 2.05) is 18.2 Å². The van der Waals surface area contributed by atoms with Crippen LogP contribution in [-0.2, 0) is 13.1 Å². The summed E-state index contributed by atoms with van der Waals surface area (Å²) in [5.74, 6) is -0.362. The van der Waals surface area contributed by atoms with Crippen LogP contribution in [0.15, 0.2) is 42.7 Å². The van der Waals surface area contributed by atoms with Crippen LogP contribution in [0.4, 0.5) is 4.39 Å². The number of pyridine rings is 1. The van der Waals surface area contributed by atoms with E-state index in [9.17, 15) is 4.39 Å². The molecule has 0 bridgehead atoms. The monoisotopic (exact) mass is 269 g/mol. The molecule has 0 aliphatic rings. The molecule has 1 aromatic carbocycles. The van der Waals surface area contributed by atoms with Gasteiger partial charge < -0.3 is 0 Å². The predicted octanol–water partition coefficient (Wildman–Crippen LogP) is 3.11. The quantitative estimate of drug-likeness (QED) is 0.837. The van der Waals surface area contributed by atoms with E-state index in [1.165, 1.54) is 17.7 Å². The van der Waals surface area contributed by atoms with Crippen molar-refractivity contribution in [1.82, 2.24) is 9.88 Å². The average Bonchev–Trinajstić information content (AvgIpc) is 2.47. The van der Waals surface area contributed by atoms with Gasteiger partial charge in [0, 0.05) is 25.5 Å². The summed E-state index contributed by atoms with van der Waals surface area (Å²) in [6.45, 7) is 4.30. The highest BCUT2D eigenvalue weighted by molar-refractivity contribution is 5.33. The van der Waals surface area contributed by atoms with Crippen molar-refractivity contribution >= 4 is 0 Å². The van der Waals surface area contributed by atoms with Gasteiger partial charge in [-0.25, -0.2) is 4.39 Å². The minimum atomic E-state index is -0.362. The standard InChI is InChI=1S/C16H16FN3/c1-2-20(11-13-3-5-19-6-4-13)12-15-7-14(10-18)8-16(17)9-15/h3-9H,2,11-12H2,1H3. The van der Waals surface area contributed by atoms with Crippen molar-refractivity contribution in [3.63, 3.8) is 0 Å². The Morgan fingerprint density at radius 2 is 1.85 bits per heavy atom. The maximum atomic E-state index is 13.4. The van der Waals surface area contributed by atoms with Gasteiger partial charge in [-0.05, 0) is 48.0 Å². The molecule has 4 heteroatoms. The third-order valence-corrected chi connectivity index (χ3v) is 3.10. The SMILES string of the molecule is CCN(Cc1ccncc1)Cc1cc(F)cc(C#N)c1. The molecule has 2 rings (SSSR count). The molecule has 0 N–H and O–H groups in total. The van der Waals surface area contributed by atoms with Gasteiger partial charge in [0.25, 0.3) is 0 Å². The van der Waals surface area contributed by atoms with E-state index in [0.29, 0.717) is 12.1 Å². The normalized spacial score (nSPS) is 10.5. The molecule has 102 valence electrons. The van der Waals surface area contributed by atoms with Gasteiger partial charge in [0.15, 0.2) is 0 Å². The Bertz CT molecular complexity index is 605. The Morgan fingerprint density at radius 3 is 2.50 bits per heavy atom. The van der Waals surface area contributed by atoms with Crippen LogP contribution in [0, 0.1) is 17.1 Å². The maximum Gasteiger partial charge on any atom is 0.124 e. The second kappa shape index (κ2) is 6.78. The average molecular weight is 269 g/mol. The summed E-state index contributed by atoms with van der Waals surface area (Å²) < 4.78 is 13.4. The van der Waals surface area contributed by atoms with Crippen molar-refractivity contribution in [2.45, 2.75) is 20.0 Å². The molecule has 0 radical (unpaired) electrons. The smallest absolute Gasteiger partial charge is 0.124 e. The topological polar surface area (TPSA) is 39.9 Å². The molecule has 0 aliphatic heterocycles. The summed E-state index contributed by atoms with van der Waals surface area (Å²) in [5, 5.41) is 8.88. The zero-order valence-electron chi connectivity index (χ0n) is 11.4. The Hall–Kier alpha value is -2.25. The van der Waals surface area contributed by atoms with Gasteiger partial charge in [-0.15, -0.1) is 0 Å². The number of nitriles is 1. The van der Waals surface area contributed by atoms with Crippen LogP contribution < -0.4 is 0 Å². The number of aromatic nitrogens is 1. The Balaban J connectivity index is 2.10. The minimum absolute atomic E-state index is 0.361. The molecule has 0 saturated heterocycles. The van der Waals surface area contributed by atoms with E-state index in [1.54, 1.807) is 18.5 Å². The van der Waals surface area contributed by atoms with E-state index in [-0.39, 0.29) is 5.82 Å². The van der Waals surface area contributed by atoms with Gasteiger partial charge in [0.1, 0.15) is 5.82 Å². The third-order valence-electron chi connectivity index (χ3n) is 3.10. The molecule has 0 aliphatic carbocycles. The molecule has 0 fully saturated rings. The second-order valence-corrected chi connectivity index (χ2v) is 4.62. The second-order valence-electron chi connectivity index (χ2n) is 4.62. The van der Waals surface area contributed by atoms with Crippen molar-refractivity contribution in [3.8, 4) is 6.07 Å². The highest BCUT2D eigenvalue weighted by Crippen LogP contribution is 2.13. The molecule has 0 unspecified atom stereocenters. The van der Waals surface area contributed by atoms with E-state index in [4.69, 9.17) is 5.26 Å². The largest absolute Gasteiger partial charge is 0.295 e. The lowest BCUT2D eigenvalue weighted by Gasteiger charge is -2.20. The molecule has 0 saturated carbocycles. The fraction of sp³-hybridized carbons (Fsp3) is 0.250. The number of nitrogens with zero attached hydrogens (tertiary/aromatic N) is 3. The molecule has 0 atom stereocenters. The predicted molar refractivity (Wildman–Crippen MR) is 75.1 cm³/mol. The fourth-order valence-electron chi connectivity index (χ4n) is 2.09. The molecular weight excluding hydrogens is 253 g/mol. The Morgan fingerprint density at radius 1 is 1.15 bits per heavy atom. The first-order valence-corrected chi connectivity index (χ1v) is 6.52. The Kier molecular flexibility index (Phi) is 4.80. The first kappa shape index (κ1) is 14.2. The lowest BCUT2D eigenvalue weighted by atomic mass is 10.1. The van der Waals surface area contributed by atoms with Crippen molar-refractivity contribution in [2.75, 3.05) is 6.54 Å². The van der Waals surface area contributed by atoms with Crippen LogP contribution in [0.2, 0.25) is 0 Å². The van der Waals surface area contributed by atoms with Crippen LogP contribution in [0.25, 0.3) is 0 Å². The van der Waals surface area contributed by atoms with Gasteiger partial charge in [-0.2, -0.15) is 5.26 Å². The van der Waals surface area contributed by atoms with Crippen LogP contribution in [0.1, 0.15) is 23.6 Å². The lowest BCUT2D eigenvalue weighted by molar-refractivity contribution is 0.271. The molecule has 0 spiro atoms. The van der Waals surface area contributed by atoms with E-state index in [0.717, 1.165) is 18.7 Å². The van der Waals surface area contributed by atoms with Crippen molar-refractivity contribution in [2.24, 2.45) is 0 Å².